The average molecular weight is 405 g/mol. The number of carbonyl (C=O) groups is 1. The van der Waals surface area contributed by atoms with Crippen molar-refractivity contribution in [1.82, 2.24) is 9.21 Å². The van der Waals surface area contributed by atoms with Gasteiger partial charge >= 0.3 is 0 Å². The van der Waals surface area contributed by atoms with Gasteiger partial charge in [0.05, 0.1) is 6.54 Å². The van der Waals surface area contributed by atoms with Crippen molar-refractivity contribution in [1.29, 1.82) is 0 Å². The van der Waals surface area contributed by atoms with E-state index >= 15 is 0 Å². The molecule has 8 heteroatoms. The third kappa shape index (κ3) is 4.34. The summed E-state index contributed by atoms with van der Waals surface area (Å²) in [5.41, 5.74) is 0.971. The van der Waals surface area contributed by atoms with Crippen LogP contribution in [0.1, 0.15) is 6.92 Å². The first kappa shape index (κ1) is 20.3. The van der Waals surface area contributed by atoms with Gasteiger partial charge in [-0.05, 0) is 31.2 Å². The molecule has 0 saturated carbocycles. The first-order valence-electron chi connectivity index (χ1n) is 9.26. The van der Waals surface area contributed by atoms with Gasteiger partial charge in [-0.25, -0.2) is 12.8 Å². The minimum atomic E-state index is -3.90. The molecule has 0 spiro atoms. The molecule has 150 valence electrons. The second-order valence-corrected chi connectivity index (χ2v) is 8.47. The Bertz CT molecular complexity index is 913. The summed E-state index contributed by atoms with van der Waals surface area (Å²) < 4.78 is 40.5. The molecule has 1 aliphatic rings. The molecule has 28 heavy (non-hydrogen) atoms. The quantitative estimate of drug-likeness (QED) is 0.739. The summed E-state index contributed by atoms with van der Waals surface area (Å²) in [5, 5.41) is 0. The molecule has 1 amide bonds. The van der Waals surface area contributed by atoms with E-state index in [-0.39, 0.29) is 30.4 Å². The van der Waals surface area contributed by atoms with E-state index in [4.69, 9.17) is 0 Å². The number of hydrogen-bond donors (Lipinski definition) is 0. The van der Waals surface area contributed by atoms with Crippen LogP contribution >= 0.6 is 0 Å². The summed E-state index contributed by atoms with van der Waals surface area (Å²) in [6.07, 6.45) is 0. The Morgan fingerprint density at radius 1 is 1.00 bits per heavy atom. The molecule has 0 aliphatic carbocycles. The number of para-hydroxylation sites is 1. The lowest BCUT2D eigenvalue weighted by atomic mass is 10.2. The van der Waals surface area contributed by atoms with E-state index in [2.05, 4.69) is 0 Å². The molecule has 0 bridgehead atoms. The minimum Gasteiger partial charge on any atom is -0.362 e. The Morgan fingerprint density at radius 3 is 2.21 bits per heavy atom. The standard InChI is InChI=1S/C20H24FN3O3S/c1-2-22(17-8-4-3-5-9-17)16-20(25)23-12-14-24(15-13-23)28(26,27)19-11-7-6-10-18(19)21/h3-11H,2,12-16H2,1H3. The highest BCUT2D eigenvalue weighted by molar-refractivity contribution is 7.89. The van der Waals surface area contributed by atoms with Crippen molar-refractivity contribution >= 4 is 21.6 Å². The Labute approximate surface area is 165 Å². The summed E-state index contributed by atoms with van der Waals surface area (Å²) >= 11 is 0. The number of nitrogens with zero attached hydrogens (tertiary/aromatic N) is 3. The maximum atomic E-state index is 13.9. The molecule has 0 radical (unpaired) electrons. The van der Waals surface area contributed by atoms with E-state index in [1.807, 2.05) is 42.2 Å². The lowest BCUT2D eigenvalue weighted by Gasteiger charge is -2.35. The minimum absolute atomic E-state index is 0.0476. The number of amides is 1. The van der Waals surface area contributed by atoms with Crippen LogP contribution in [0.25, 0.3) is 0 Å². The fraction of sp³-hybridized carbons (Fsp3) is 0.350. The van der Waals surface area contributed by atoms with Crippen LogP contribution in [0.4, 0.5) is 10.1 Å². The number of benzene rings is 2. The smallest absolute Gasteiger partial charge is 0.246 e. The van der Waals surface area contributed by atoms with Crippen LogP contribution in [0.2, 0.25) is 0 Å². The van der Waals surface area contributed by atoms with E-state index < -0.39 is 15.8 Å². The number of hydrogen-bond acceptors (Lipinski definition) is 4. The van der Waals surface area contributed by atoms with Crippen molar-refractivity contribution in [3.8, 4) is 0 Å². The Morgan fingerprint density at radius 2 is 1.61 bits per heavy atom. The van der Waals surface area contributed by atoms with Crippen molar-refractivity contribution in [3.63, 3.8) is 0 Å². The molecule has 1 fully saturated rings. The van der Waals surface area contributed by atoms with Crippen LogP contribution in [0.3, 0.4) is 0 Å². The van der Waals surface area contributed by atoms with Crippen molar-refractivity contribution in [3.05, 3.63) is 60.4 Å². The summed E-state index contributed by atoms with van der Waals surface area (Å²) in [6, 6.07) is 15.0. The molecular formula is C20H24FN3O3S. The maximum Gasteiger partial charge on any atom is 0.246 e. The zero-order valence-corrected chi connectivity index (χ0v) is 16.6. The number of likely N-dealkylation sites (N-methyl/N-ethyl adjacent to an activating group) is 1. The predicted octanol–water partition coefficient (Wildman–Crippen LogP) is 2.19. The number of rotatable bonds is 6. The first-order valence-corrected chi connectivity index (χ1v) is 10.7. The summed E-state index contributed by atoms with van der Waals surface area (Å²) in [4.78, 5) is 16.0. The summed E-state index contributed by atoms with van der Waals surface area (Å²) in [7, 11) is -3.90. The van der Waals surface area contributed by atoms with Gasteiger partial charge in [0.25, 0.3) is 0 Å². The van der Waals surface area contributed by atoms with E-state index in [9.17, 15) is 17.6 Å². The lowest BCUT2D eigenvalue weighted by molar-refractivity contribution is -0.130. The molecule has 6 nitrogen and oxygen atoms in total. The highest BCUT2D eigenvalue weighted by Gasteiger charge is 2.32. The third-order valence-corrected chi connectivity index (χ3v) is 6.81. The monoisotopic (exact) mass is 405 g/mol. The fourth-order valence-electron chi connectivity index (χ4n) is 3.26. The van der Waals surface area contributed by atoms with Crippen molar-refractivity contribution in [2.24, 2.45) is 0 Å². The van der Waals surface area contributed by atoms with E-state index in [0.717, 1.165) is 11.8 Å². The molecule has 0 unspecified atom stereocenters. The highest BCUT2D eigenvalue weighted by Crippen LogP contribution is 2.20. The second kappa shape index (κ2) is 8.70. The van der Waals surface area contributed by atoms with Crippen LogP contribution in [0.5, 0.6) is 0 Å². The highest BCUT2D eigenvalue weighted by atomic mass is 32.2. The van der Waals surface area contributed by atoms with Crippen LogP contribution in [-0.4, -0.2) is 62.8 Å². The molecular weight excluding hydrogens is 381 g/mol. The SMILES string of the molecule is CCN(CC(=O)N1CCN(S(=O)(=O)c2ccccc2F)CC1)c1ccccc1. The largest absolute Gasteiger partial charge is 0.362 e. The molecule has 2 aromatic rings. The van der Waals surface area contributed by atoms with Gasteiger partial charge in [0.1, 0.15) is 10.7 Å². The molecule has 0 atom stereocenters. The molecule has 1 heterocycles. The Hall–Kier alpha value is -2.45. The van der Waals surface area contributed by atoms with Crippen LogP contribution < -0.4 is 4.90 Å². The van der Waals surface area contributed by atoms with Gasteiger partial charge in [-0.2, -0.15) is 4.31 Å². The van der Waals surface area contributed by atoms with E-state index in [1.54, 1.807) is 4.90 Å². The topological polar surface area (TPSA) is 60.9 Å². The summed E-state index contributed by atoms with van der Waals surface area (Å²) in [5.74, 6) is -0.809. The predicted molar refractivity (Wildman–Crippen MR) is 106 cm³/mol. The zero-order valence-electron chi connectivity index (χ0n) is 15.8. The third-order valence-electron chi connectivity index (χ3n) is 4.88. The van der Waals surface area contributed by atoms with Gasteiger partial charge in [-0.15, -0.1) is 0 Å². The van der Waals surface area contributed by atoms with Gasteiger partial charge in [0, 0.05) is 38.4 Å². The van der Waals surface area contributed by atoms with Gasteiger partial charge in [0.15, 0.2) is 0 Å². The van der Waals surface area contributed by atoms with Crippen molar-refractivity contribution in [2.75, 3.05) is 44.2 Å². The Balaban J connectivity index is 1.62. The molecule has 0 aromatic heterocycles. The number of carbonyl (C=O) groups excluding carboxylic acids is 1. The first-order chi connectivity index (χ1) is 13.4. The fourth-order valence-corrected chi connectivity index (χ4v) is 4.75. The van der Waals surface area contributed by atoms with E-state index in [1.165, 1.54) is 22.5 Å². The zero-order chi connectivity index (χ0) is 20.1. The number of sulfonamides is 1. The molecule has 2 aromatic carbocycles. The lowest BCUT2D eigenvalue weighted by Crippen LogP contribution is -2.52. The number of anilines is 1. The average Bonchev–Trinajstić information content (AvgIpc) is 2.72. The van der Waals surface area contributed by atoms with Gasteiger partial charge in [-0.3, -0.25) is 4.79 Å². The second-order valence-electron chi connectivity index (χ2n) is 6.57. The van der Waals surface area contributed by atoms with Crippen molar-refractivity contribution in [2.45, 2.75) is 11.8 Å². The van der Waals surface area contributed by atoms with Crippen molar-refractivity contribution < 1.29 is 17.6 Å². The van der Waals surface area contributed by atoms with Gasteiger partial charge < -0.3 is 9.80 Å². The Kier molecular flexibility index (Phi) is 6.31. The molecule has 0 N–H and O–H groups in total. The van der Waals surface area contributed by atoms with Gasteiger partial charge in [0.2, 0.25) is 15.9 Å². The molecule has 1 saturated heterocycles. The normalized spacial score (nSPS) is 15.4. The van der Waals surface area contributed by atoms with E-state index in [0.29, 0.717) is 19.6 Å². The number of halogens is 1. The van der Waals surface area contributed by atoms with Crippen LogP contribution in [0.15, 0.2) is 59.5 Å². The molecule has 3 rings (SSSR count). The molecule has 1 aliphatic heterocycles. The van der Waals surface area contributed by atoms with Gasteiger partial charge in [-0.1, -0.05) is 30.3 Å². The maximum absolute atomic E-state index is 13.9. The van der Waals surface area contributed by atoms with Crippen LogP contribution in [-0.2, 0) is 14.8 Å². The number of piperazine rings is 1. The summed E-state index contributed by atoms with van der Waals surface area (Å²) in [6.45, 7) is 3.80. The van der Waals surface area contributed by atoms with Crippen LogP contribution in [0, 0.1) is 5.82 Å².